The van der Waals surface area contributed by atoms with Crippen LogP contribution in [0.1, 0.15) is 49.8 Å². The number of rotatable bonds is 5. The lowest BCUT2D eigenvalue weighted by atomic mass is 10.1. The zero-order valence-corrected chi connectivity index (χ0v) is 18.5. The highest BCUT2D eigenvalue weighted by molar-refractivity contribution is 5.42. The van der Waals surface area contributed by atoms with Gasteiger partial charge in [-0.3, -0.25) is 14.1 Å². The van der Waals surface area contributed by atoms with Crippen LogP contribution in [-0.2, 0) is 6.54 Å². The molecule has 0 N–H and O–H groups in total. The van der Waals surface area contributed by atoms with Gasteiger partial charge < -0.3 is 4.90 Å². The Morgan fingerprint density at radius 3 is 2.77 bits per heavy atom. The van der Waals surface area contributed by atoms with Crippen LogP contribution in [-0.4, -0.2) is 55.2 Å². The average Bonchev–Trinajstić information content (AvgIpc) is 3.10. The fraction of sp³-hybridized carbons (Fsp3) is 0.545. The molecule has 0 aromatic carbocycles. The van der Waals surface area contributed by atoms with Crippen molar-refractivity contribution in [1.29, 1.82) is 0 Å². The number of piperidine rings is 1. The Hall–Kier alpha value is -2.74. The second-order valence-electron chi connectivity index (χ2n) is 8.67. The maximum Gasteiger partial charge on any atom is 0.269 e. The van der Waals surface area contributed by atoms with Gasteiger partial charge in [-0.15, -0.1) is 0 Å². The van der Waals surface area contributed by atoms with E-state index in [0.717, 1.165) is 61.0 Å². The van der Waals surface area contributed by atoms with Crippen LogP contribution in [0.3, 0.4) is 0 Å². The van der Waals surface area contributed by atoms with Crippen LogP contribution in [0.25, 0.3) is 5.78 Å². The summed E-state index contributed by atoms with van der Waals surface area (Å²) >= 11 is 0. The number of hydrogen-bond acceptors (Lipinski definition) is 6. The number of likely N-dealkylation sites (tertiary alicyclic amines) is 1. The second kappa shape index (κ2) is 8.18. The van der Waals surface area contributed by atoms with Crippen LogP contribution in [0.2, 0.25) is 0 Å². The zero-order valence-electron chi connectivity index (χ0n) is 18.5. The summed E-state index contributed by atoms with van der Waals surface area (Å²) in [4.78, 5) is 26.4. The Morgan fingerprint density at radius 1 is 1.23 bits per heavy atom. The summed E-state index contributed by atoms with van der Waals surface area (Å²) < 4.78 is 3.70. The lowest BCUT2D eigenvalue weighted by Gasteiger charge is -2.32. The third-order valence-electron chi connectivity index (χ3n) is 6.02. The van der Waals surface area contributed by atoms with Crippen LogP contribution in [0.15, 0.2) is 29.3 Å². The monoisotopic (exact) mass is 409 g/mol. The summed E-state index contributed by atoms with van der Waals surface area (Å²) in [7, 11) is 1.99. The maximum atomic E-state index is 12.7. The van der Waals surface area contributed by atoms with Crippen molar-refractivity contribution in [1.82, 2.24) is 29.0 Å². The number of fused-ring (bicyclic) bond motifs is 1. The molecular formula is C22H31N7O. The van der Waals surface area contributed by atoms with Gasteiger partial charge >= 0.3 is 0 Å². The number of anilines is 1. The molecule has 1 saturated heterocycles. The minimum atomic E-state index is -0.0325. The molecule has 160 valence electrons. The van der Waals surface area contributed by atoms with Crippen molar-refractivity contribution in [3.05, 3.63) is 52.0 Å². The standard InChI is InChI=1S/C22H31N7O/c1-15(2)26(5)20-10-21(30)29(23-11-20)19-7-6-8-27(14-19)12-18-13-28-17(4)9-16(3)24-22(28)25-18/h9-11,13,15,19H,6-8,12,14H2,1-5H3. The van der Waals surface area contributed by atoms with Gasteiger partial charge in [-0.05, 0) is 53.1 Å². The third-order valence-corrected chi connectivity index (χ3v) is 6.02. The molecule has 30 heavy (non-hydrogen) atoms. The summed E-state index contributed by atoms with van der Waals surface area (Å²) in [5, 5.41) is 4.51. The minimum absolute atomic E-state index is 0.0325. The number of hydrogen-bond donors (Lipinski definition) is 0. The van der Waals surface area contributed by atoms with E-state index < -0.39 is 0 Å². The van der Waals surface area contributed by atoms with Crippen LogP contribution in [0.4, 0.5) is 5.69 Å². The number of nitrogens with zero attached hydrogens (tertiary/aromatic N) is 7. The summed E-state index contributed by atoms with van der Waals surface area (Å²) in [5.41, 5.74) is 3.95. The lowest BCUT2D eigenvalue weighted by molar-refractivity contribution is 0.158. The Morgan fingerprint density at radius 2 is 2.03 bits per heavy atom. The molecule has 0 saturated carbocycles. The van der Waals surface area contributed by atoms with Crippen LogP contribution < -0.4 is 10.5 Å². The highest BCUT2D eigenvalue weighted by Crippen LogP contribution is 2.22. The van der Waals surface area contributed by atoms with Crippen LogP contribution >= 0.6 is 0 Å². The van der Waals surface area contributed by atoms with Gasteiger partial charge in [0.15, 0.2) is 0 Å². The first-order chi connectivity index (χ1) is 14.3. The molecule has 4 rings (SSSR count). The van der Waals surface area contributed by atoms with E-state index in [0.29, 0.717) is 6.04 Å². The van der Waals surface area contributed by atoms with Gasteiger partial charge in [-0.25, -0.2) is 14.6 Å². The van der Waals surface area contributed by atoms with E-state index in [4.69, 9.17) is 4.98 Å². The van der Waals surface area contributed by atoms with E-state index in [2.05, 4.69) is 52.9 Å². The van der Waals surface area contributed by atoms with Crippen molar-refractivity contribution in [3.8, 4) is 0 Å². The van der Waals surface area contributed by atoms with Gasteiger partial charge in [-0.2, -0.15) is 5.10 Å². The van der Waals surface area contributed by atoms with Crippen molar-refractivity contribution in [2.75, 3.05) is 25.0 Å². The Balaban J connectivity index is 1.50. The van der Waals surface area contributed by atoms with E-state index in [-0.39, 0.29) is 11.6 Å². The largest absolute Gasteiger partial charge is 0.371 e. The lowest BCUT2D eigenvalue weighted by Crippen LogP contribution is -2.40. The zero-order chi connectivity index (χ0) is 21.4. The number of aromatic nitrogens is 5. The van der Waals surface area contributed by atoms with Crippen LogP contribution in [0.5, 0.6) is 0 Å². The first kappa shape index (κ1) is 20.5. The van der Waals surface area contributed by atoms with E-state index in [1.165, 1.54) is 0 Å². The van der Waals surface area contributed by atoms with E-state index in [1.54, 1.807) is 16.9 Å². The molecule has 1 atom stereocenters. The predicted molar refractivity (Wildman–Crippen MR) is 118 cm³/mol. The molecule has 3 aromatic heterocycles. The molecule has 1 aliphatic heterocycles. The molecule has 0 aliphatic carbocycles. The van der Waals surface area contributed by atoms with Gasteiger partial charge in [0.05, 0.1) is 23.6 Å². The SMILES string of the molecule is Cc1cc(C)n2cc(CN3CCCC(n4ncc(N(C)C(C)C)cc4=O)C3)nc2n1. The summed E-state index contributed by atoms with van der Waals surface area (Å²) in [6, 6.07) is 4.17. The summed E-state index contributed by atoms with van der Waals surface area (Å²) in [6.45, 7) is 10.8. The first-order valence-corrected chi connectivity index (χ1v) is 10.7. The van der Waals surface area contributed by atoms with E-state index in [9.17, 15) is 4.79 Å². The molecule has 3 aromatic rings. The smallest absolute Gasteiger partial charge is 0.269 e. The van der Waals surface area contributed by atoms with Crippen molar-refractivity contribution in [2.24, 2.45) is 0 Å². The van der Waals surface area contributed by atoms with Crippen LogP contribution in [0, 0.1) is 13.8 Å². The fourth-order valence-electron chi connectivity index (χ4n) is 4.17. The van der Waals surface area contributed by atoms with Crippen molar-refractivity contribution >= 4 is 11.5 Å². The summed E-state index contributed by atoms with van der Waals surface area (Å²) in [6.07, 6.45) is 5.88. The molecule has 8 nitrogen and oxygen atoms in total. The molecule has 4 heterocycles. The van der Waals surface area contributed by atoms with E-state index >= 15 is 0 Å². The van der Waals surface area contributed by atoms with Crippen molar-refractivity contribution in [2.45, 2.75) is 59.2 Å². The second-order valence-corrected chi connectivity index (χ2v) is 8.67. The average molecular weight is 410 g/mol. The number of imidazole rings is 1. The Kier molecular flexibility index (Phi) is 5.60. The van der Waals surface area contributed by atoms with Gasteiger partial charge in [0.25, 0.3) is 5.56 Å². The van der Waals surface area contributed by atoms with Gasteiger partial charge in [0, 0.05) is 49.8 Å². The maximum absolute atomic E-state index is 12.7. The highest BCUT2D eigenvalue weighted by atomic mass is 16.1. The molecule has 0 bridgehead atoms. The topological polar surface area (TPSA) is 71.6 Å². The molecule has 0 spiro atoms. The van der Waals surface area contributed by atoms with Crippen molar-refractivity contribution in [3.63, 3.8) is 0 Å². The Labute approximate surface area is 177 Å². The molecular weight excluding hydrogens is 378 g/mol. The summed E-state index contributed by atoms with van der Waals surface area (Å²) in [5.74, 6) is 0.749. The van der Waals surface area contributed by atoms with Crippen molar-refractivity contribution < 1.29 is 0 Å². The van der Waals surface area contributed by atoms with Gasteiger partial charge in [0.2, 0.25) is 5.78 Å². The van der Waals surface area contributed by atoms with Gasteiger partial charge in [-0.1, -0.05) is 0 Å². The highest BCUT2D eigenvalue weighted by Gasteiger charge is 2.24. The quantitative estimate of drug-likeness (QED) is 0.645. The van der Waals surface area contributed by atoms with E-state index in [1.807, 2.05) is 18.4 Å². The predicted octanol–water partition coefficient (Wildman–Crippen LogP) is 2.58. The molecule has 1 unspecified atom stereocenters. The molecule has 0 amide bonds. The number of aryl methyl sites for hydroxylation is 2. The normalized spacial score (nSPS) is 17.7. The third kappa shape index (κ3) is 4.09. The molecule has 8 heteroatoms. The fourth-order valence-corrected chi connectivity index (χ4v) is 4.17. The molecule has 1 fully saturated rings. The van der Waals surface area contributed by atoms with Gasteiger partial charge in [0.1, 0.15) is 0 Å². The minimum Gasteiger partial charge on any atom is -0.371 e. The molecule has 0 radical (unpaired) electrons. The Bertz CT molecular complexity index is 1100. The molecule has 1 aliphatic rings. The first-order valence-electron chi connectivity index (χ1n) is 10.7.